The Morgan fingerprint density at radius 1 is 1.07 bits per heavy atom. The summed E-state index contributed by atoms with van der Waals surface area (Å²) in [7, 11) is 4.33. The number of nitrogens with zero attached hydrogens (tertiary/aromatic N) is 1. The van der Waals surface area contributed by atoms with Crippen molar-refractivity contribution >= 4 is 33.3 Å². The second-order valence-corrected chi connectivity index (χ2v) is 7.68. The van der Waals surface area contributed by atoms with Gasteiger partial charge < -0.3 is 19.1 Å². The molecule has 0 unspecified atom stereocenters. The number of hydrogen-bond acceptors (Lipinski definition) is 6. The molecule has 2 aromatic carbocycles. The molecule has 6 nitrogen and oxygen atoms in total. The zero-order chi connectivity index (χ0) is 21.8. The summed E-state index contributed by atoms with van der Waals surface area (Å²) < 4.78 is 30.3. The monoisotopic (exact) mass is 431 g/mol. The van der Waals surface area contributed by atoms with Crippen LogP contribution in [0.4, 0.5) is 4.39 Å². The SMILES string of the molecule is COC(=O)CN(Cc1cc(OC)cc(OC)c1)C(=O)c1sc2cccc(F)c2c1C. The van der Waals surface area contributed by atoms with E-state index >= 15 is 0 Å². The molecule has 0 aliphatic rings. The van der Waals surface area contributed by atoms with Crippen LogP contribution in [0.5, 0.6) is 11.5 Å². The number of ether oxygens (including phenoxy) is 3. The summed E-state index contributed by atoms with van der Waals surface area (Å²) in [5.74, 6) is -0.175. The van der Waals surface area contributed by atoms with Gasteiger partial charge in [0.15, 0.2) is 0 Å². The van der Waals surface area contributed by atoms with Crippen molar-refractivity contribution in [3.63, 3.8) is 0 Å². The highest BCUT2D eigenvalue weighted by molar-refractivity contribution is 7.21. The number of halogens is 1. The van der Waals surface area contributed by atoms with Gasteiger partial charge in [-0.15, -0.1) is 11.3 Å². The van der Waals surface area contributed by atoms with Gasteiger partial charge in [-0.05, 0) is 42.3 Å². The number of fused-ring (bicyclic) bond motifs is 1. The smallest absolute Gasteiger partial charge is 0.325 e. The molecule has 0 aliphatic carbocycles. The molecule has 8 heteroatoms. The molecular formula is C22H22FNO5S. The van der Waals surface area contributed by atoms with Crippen LogP contribution in [-0.2, 0) is 16.1 Å². The third kappa shape index (κ3) is 4.38. The number of methoxy groups -OCH3 is 3. The molecule has 0 fully saturated rings. The lowest BCUT2D eigenvalue weighted by Crippen LogP contribution is -2.35. The first-order valence-corrected chi connectivity index (χ1v) is 9.95. The third-order valence-electron chi connectivity index (χ3n) is 4.72. The van der Waals surface area contributed by atoms with E-state index in [0.717, 1.165) is 0 Å². The standard InChI is InChI=1S/C22H22FNO5S/c1-13-20-17(23)6-5-7-18(20)30-21(13)22(26)24(12-19(25)29-4)11-14-8-15(27-2)10-16(9-14)28-3/h5-10H,11-12H2,1-4H3. The predicted octanol–water partition coefficient (Wildman–Crippen LogP) is 4.18. The lowest BCUT2D eigenvalue weighted by molar-refractivity contribution is -0.141. The fraction of sp³-hybridized carbons (Fsp3) is 0.273. The van der Waals surface area contributed by atoms with Gasteiger partial charge in [-0.2, -0.15) is 0 Å². The van der Waals surface area contributed by atoms with E-state index in [2.05, 4.69) is 0 Å². The zero-order valence-electron chi connectivity index (χ0n) is 17.2. The highest BCUT2D eigenvalue weighted by Gasteiger charge is 2.25. The van der Waals surface area contributed by atoms with E-state index in [4.69, 9.17) is 14.2 Å². The number of benzene rings is 2. The van der Waals surface area contributed by atoms with E-state index in [-0.39, 0.29) is 24.8 Å². The highest BCUT2D eigenvalue weighted by atomic mass is 32.1. The maximum atomic E-state index is 14.3. The van der Waals surface area contributed by atoms with Crippen molar-refractivity contribution in [3.05, 3.63) is 58.2 Å². The minimum Gasteiger partial charge on any atom is -0.497 e. The Kier molecular flexibility index (Phi) is 6.56. The summed E-state index contributed by atoms with van der Waals surface area (Å²) >= 11 is 1.20. The Hall–Kier alpha value is -3.13. The van der Waals surface area contributed by atoms with Crippen LogP contribution >= 0.6 is 11.3 Å². The summed E-state index contributed by atoms with van der Waals surface area (Å²) in [4.78, 5) is 27.1. The predicted molar refractivity (Wildman–Crippen MR) is 113 cm³/mol. The first-order chi connectivity index (χ1) is 14.4. The number of esters is 1. The summed E-state index contributed by atoms with van der Waals surface area (Å²) in [5, 5.41) is 0.423. The van der Waals surface area contributed by atoms with E-state index in [0.29, 0.717) is 37.6 Å². The molecule has 3 aromatic rings. The summed E-state index contributed by atoms with van der Waals surface area (Å²) in [6.07, 6.45) is 0. The Bertz CT molecular complexity index is 1070. The fourth-order valence-electron chi connectivity index (χ4n) is 3.20. The Balaban J connectivity index is 2.00. The molecule has 3 rings (SSSR count). The first-order valence-electron chi connectivity index (χ1n) is 9.13. The van der Waals surface area contributed by atoms with Crippen molar-refractivity contribution in [2.75, 3.05) is 27.9 Å². The van der Waals surface area contributed by atoms with Crippen LogP contribution in [-0.4, -0.2) is 44.7 Å². The molecule has 0 N–H and O–H groups in total. The summed E-state index contributed by atoms with van der Waals surface area (Å²) in [6.45, 7) is 1.59. The number of amides is 1. The maximum absolute atomic E-state index is 14.3. The van der Waals surface area contributed by atoms with Crippen LogP contribution in [0.1, 0.15) is 20.8 Å². The molecule has 0 radical (unpaired) electrons. The largest absolute Gasteiger partial charge is 0.497 e. The molecule has 1 amide bonds. The molecule has 1 heterocycles. The van der Waals surface area contributed by atoms with Crippen molar-refractivity contribution in [1.82, 2.24) is 4.90 Å². The summed E-state index contributed by atoms with van der Waals surface area (Å²) in [5.41, 5.74) is 1.27. The number of aryl methyl sites for hydroxylation is 1. The quantitative estimate of drug-likeness (QED) is 0.525. The van der Waals surface area contributed by atoms with Gasteiger partial charge in [-0.3, -0.25) is 9.59 Å². The van der Waals surface area contributed by atoms with Gasteiger partial charge in [0, 0.05) is 22.7 Å². The normalized spacial score (nSPS) is 10.7. The molecule has 0 atom stereocenters. The molecule has 0 saturated carbocycles. The molecule has 158 valence electrons. The third-order valence-corrected chi connectivity index (χ3v) is 5.96. The Morgan fingerprint density at radius 2 is 1.73 bits per heavy atom. The minimum absolute atomic E-state index is 0.123. The number of carbonyl (C=O) groups is 2. The lowest BCUT2D eigenvalue weighted by Gasteiger charge is -2.22. The van der Waals surface area contributed by atoms with Gasteiger partial charge in [0.1, 0.15) is 23.9 Å². The van der Waals surface area contributed by atoms with E-state index in [1.165, 1.54) is 43.6 Å². The van der Waals surface area contributed by atoms with Gasteiger partial charge in [0.05, 0.1) is 26.2 Å². The maximum Gasteiger partial charge on any atom is 0.325 e. The number of thiophene rings is 1. The van der Waals surface area contributed by atoms with Gasteiger partial charge in [-0.1, -0.05) is 6.07 Å². The second kappa shape index (κ2) is 9.13. The molecule has 0 saturated heterocycles. The van der Waals surface area contributed by atoms with Gasteiger partial charge >= 0.3 is 5.97 Å². The van der Waals surface area contributed by atoms with Crippen molar-refractivity contribution in [2.45, 2.75) is 13.5 Å². The average Bonchev–Trinajstić information content (AvgIpc) is 3.09. The average molecular weight is 431 g/mol. The Morgan fingerprint density at radius 3 is 2.30 bits per heavy atom. The Labute approximate surface area is 177 Å². The van der Waals surface area contributed by atoms with Crippen LogP contribution in [0, 0.1) is 12.7 Å². The number of rotatable bonds is 7. The van der Waals surface area contributed by atoms with Crippen LogP contribution < -0.4 is 9.47 Å². The van der Waals surface area contributed by atoms with Crippen LogP contribution in [0.2, 0.25) is 0 Å². The number of hydrogen-bond donors (Lipinski definition) is 0. The summed E-state index contributed by atoms with van der Waals surface area (Å²) in [6, 6.07) is 9.98. The fourth-order valence-corrected chi connectivity index (χ4v) is 4.39. The second-order valence-electron chi connectivity index (χ2n) is 6.63. The van der Waals surface area contributed by atoms with E-state index in [1.54, 1.807) is 37.3 Å². The van der Waals surface area contributed by atoms with Crippen LogP contribution in [0.3, 0.4) is 0 Å². The highest BCUT2D eigenvalue weighted by Crippen LogP contribution is 2.34. The molecule has 0 spiro atoms. The molecule has 1 aromatic heterocycles. The van der Waals surface area contributed by atoms with Gasteiger partial charge in [0.25, 0.3) is 5.91 Å². The minimum atomic E-state index is -0.553. The topological polar surface area (TPSA) is 65.1 Å². The number of carbonyl (C=O) groups excluding carboxylic acids is 2. The lowest BCUT2D eigenvalue weighted by atomic mass is 10.1. The molecule has 0 bridgehead atoms. The zero-order valence-corrected chi connectivity index (χ0v) is 18.0. The van der Waals surface area contributed by atoms with Crippen LogP contribution in [0.25, 0.3) is 10.1 Å². The van der Waals surface area contributed by atoms with Crippen molar-refractivity contribution in [1.29, 1.82) is 0 Å². The van der Waals surface area contributed by atoms with Gasteiger partial charge in [0.2, 0.25) is 0 Å². The van der Waals surface area contributed by atoms with Crippen molar-refractivity contribution in [3.8, 4) is 11.5 Å². The molecule has 0 aliphatic heterocycles. The van der Waals surface area contributed by atoms with E-state index in [9.17, 15) is 14.0 Å². The van der Waals surface area contributed by atoms with E-state index in [1.807, 2.05) is 0 Å². The molecule has 30 heavy (non-hydrogen) atoms. The first kappa shape index (κ1) is 21.6. The van der Waals surface area contributed by atoms with E-state index < -0.39 is 5.97 Å². The van der Waals surface area contributed by atoms with Gasteiger partial charge in [-0.25, -0.2) is 4.39 Å². The molecular weight excluding hydrogens is 409 g/mol. The van der Waals surface area contributed by atoms with Crippen molar-refractivity contribution in [2.24, 2.45) is 0 Å². The van der Waals surface area contributed by atoms with Crippen molar-refractivity contribution < 1.29 is 28.2 Å². The van der Waals surface area contributed by atoms with Crippen LogP contribution in [0.15, 0.2) is 36.4 Å².